The van der Waals surface area contributed by atoms with Gasteiger partial charge in [-0.1, -0.05) is 22.9 Å². The van der Waals surface area contributed by atoms with E-state index in [1.165, 1.54) is 11.9 Å². The number of alkyl halides is 2. The number of hydrogen-bond acceptors (Lipinski definition) is 4. The van der Waals surface area contributed by atoms with Gasteiger partial charge in [-0.2, -0.15) is 5.26 Å². The van der Waals surface area contributed by atoms with Crippen LogP contribution in [0, 0.1) is 11.3 Å². The van der Waals surface area contributed by atoms with Gasteiger partial charge in [-0.25, -0.2) is 13.8 Å². The zero-order valence-corrected chi connectivity index (χ0v) is 8.74. The molecular weight excluding hydrogens is 232 g/mol. The lowest BCUT2D eigenvalue weighted by atomic mass is 10.6. The van der Waals surface area contributed by atoms with Gasteiger partial charge in [0.05, 0.1) is 6.54 Å². The normalized spacial score (nSPS) is 10.3. The Bertz CT molecular complexity index is 360. The standard InChI is InChI=1S/C7H6ClF2N3S/c1-13(3-5(9)10)7-12-6(8)4(2-11)14-7/h5H,3H2,1H3. The van der Waals surface area contributed by atoms with Gasteiger partial charge in [0, 0.05) is 7.05 Å². The van der Waals surface area contributed by atoms with Crippen molar-refractivity contribution in [3.05, 3.63) is 10.0 Å². The van der Waals surface area contributed by atoms with Crippen molar-refractivity contribution in [2.75, 3.05) is 18.5 Å². The molecule has 0 saturated carbocycles. The summed E-state index contributed by atoms with van der Waals surface area (Å²) in [5.74, 6) is 0. The van der Waals surface area contributed by atoms with Gasteiger partial charge >= 0.3 is 0 Å². The van der Waals surface area contributed by atoms with Crippen molar-refractivity contribution in [2.24, 2.45) is 0 Å². The molecule has 0 radical (unpaired) electrons. The van der Waals surface area contributed by atoms with Gasteiger partial charge in [0.25, 0.3) is 6.43 Å². The second-order valence-electron chi connectivity index (χ2n) is 2.50. The van der Waals surface area contributed by atoms with Crippen molar-refractivity contribution in [3.63, 3.8) is 0 Å². The van der Waals surface area contributed by atoms with E-state index in [-0.39, 0.29) is 10.0 Å². The summed E-state index contributed by atoms with van der Waals surface area (Å²) >= 11 is 6.59. The predicted octanol–water partition coefficient (Wildman–Crippen LogP) is 2.37. The number of rotatable bonds is 3. The number of hydrogen-bond donors (Lipinski definition) is 0. The number of thiazole rings is 1. The minimum Gasteiger partial charge on any atom is -0.345 e. The molecular formula is C7H6ClF2N3S. The molecule has 0 unspecified atom stereocenters. The fourth-order valence-electron chi connectivity index (χ4n) is 0.808. The number of nitrogens with zero attached hydrogens (tertiary/aromatic N) is 3. The van der Waals surface area contributed by atoms with Crippen molar-refractivity contribution in [1.82, 2.24) is 4.98 Å². The first-order valence-electron chi connectivity index (χ1n) is 3.60. The van der Waals surface area contributed by atoms with E-state index in [9.17, 15) is 8.78 Å². The monoisotopic (exact) mass is 237 g/mol. The Morgan fingerprint density at radius 3 is 2.79 bits per heavy atom. The van der Waals surface area contributed by atoms with Crippen LogP contribution in [0.15, 0.2) is 0 Å². The number of anilines is 1. The Labute approximate surface area is 88.5 Å². The summed E-state index contributed by atoms with van der Waals surface area (Å²) in [5.41, 5.74) is 0. The van der Waals surface area contributed by atoms with E-state index in [0.717, 1.165) is 11.3 Å². The SMILES string of the molecule is CN(CC(F)F)c1nc(Cl)c(C#N)s1. The van der Waals surface area contributed by atoms with E-state index in [1.807, 2.05) is 6.07 Å². The van der Waals surface area contributed by atoms with Gasteiger partial charge in [0.1, 0.15) is 10.9 Å². The molecule has 0 atom stereocenters. The van der Waals surface area contributed by atoms with Crippen LogP contribution in [0.5, 0.6) is 0 Å². The summed E-state index contributed by atoms with van der Waals surface area (Å²) in [6.45, 7) is -0.422. The van der Waals surface area contributed by atoms with Crippen LogP contribution in [0.2, 0.25) is 5.15 Å². The van der Waals surface area contributed by atoms with Crippen LogP contribution < -0.4 is 4.90 Å². The van der Waals surface area contributed by atoms with E-state index in [4.69, 9.17) is 16.9 Å². The predicted molar refractivity (Wildman–Crippen MR) is 51.1 cm³/mol. The lowest BCUT2D eigenvalue weighted by Crippen LogP contribution is -2.23. The fourth-order valence-corrected chi connectivity index (χ4v) is 1.82. The second kappa shape index (κ2) is 4.53. The van der Waals surface area contributed by atoms with Crippen molar-refractivity contribution < 1.29 is 8.78 Å². The summed E-state index contributed by atoms with van der Waals surface area (Å²) in [4.78, 5) is 5.29. The molecule has 0 aliphatic rings. The van der Waals surface area contributed by atoms with Gasteiger partial charge in [0.2, 0.25) is 0 Å². The van der Waals surface area contributed by atoms with Crippen molar-refractivity contribution in [1.29, 1.82) is 5.26 Å². The topological polar surface area (TPSA) is 39.9 Å². The molecule has 0 aliphatic carbocycles. The minimum absolute atomic E-state index is 0.0635. The third-order valence-corrected chi connectivity index (χ3v) is 2.87. The molecule has 1 aromatic rings. The van der Waals surface area contributed by atoms with Gasteiger partial charge < -0.3 is 4.90 Å². The largest absolute Gasteiger partial charge is 0.345 e. The van der Waals surface area contributed by atoms with E-state index >= 15 is 0 Å². The molecule has 0 bridgehead atoms. The number of halogens is 3. The highest BCUT2D eigenvalue weighted by atomic mass is 35.5. The maximum Gasteiger partial charge on any atom is 0.255 e. The van der Waals surface area contributed by atoms with Crippen molar-refractivity contribution >= 4 is 28.1 Å². The van der Waals surface area contributed by atoms with E-state index in [1.54, 1.807) is 0 Å². The highest BCUT2D eigenvalue weighted by Crippen LogP contribution is 2.28. The van der Waals surface area contributed by atoms with E-state index < -0.39 is 13.0 Å². The van der Waals surface area contributed by atoms with Crippen LogP contribution >= 0.6 is 22.9 Å². The third kappa shape index (κ3) is 2.53. The maximum atomic E-state index is 12.0. The summed E-state index contributed by atoms with van der Waals surface area (Å²) in [6.07, 6.45) is -2.44. The highest BCUT2D eigenvalue weighted by molar-refractivity contribution is 7.16. The first-order chi connectivity index (χ1) is 6.54. The Hall–Kier alpha value is -0.930. The zero-order valence-electron chi connectivity index (χ0n) is 7.17. The molecule has 0 N–H and O–H groups in total. The minimum atomic E-state index is -2.44. The summed E-state index contributed by atoms with van der Waals surface area (Å²) in [5, 5.41) is 8.95. The average Bonchev–Trinajstić information content (AvgIpc) is 2.45. The molecule has 7 heteroatoms. The molecule has 0 aliphatic heterocycles. The van der Waals surface area contributed by atoms with Gasteiger partial charge in [-0.3, -0.25) is 0 Å². The Balaban J connectivity index is 2.81. The molecule has 0 fully saturated rings. The van der Waals surface area contributed by atoms with Gasteiger partial charge in [0.15, 0.2) is 10.3 Å². The van der Waals surface area contributed by atoms with Crippen molar-refractivity contribution in [2.45, 2.75) is 6.43 Å². The summed E-state index contributed by atoms with van der Waals surface area (Å²) in [7, 11) is 1.47. The molecule has 0 spiro atoms. The Morgan fingerprint density at radius 1 is 1.71 bits per heavy atom. The fraction of sp³-hybridized carbons (Fsp3) is 0.429. The highest BCUT2D eigenvalue weighted by Gasteiger charge is 2.15. The first-order valence-corrected chi connectivity index (χ1v) is 4.79. The summed E-state index contributed by atoms with van der Waals surface area (Å²) in [6, 6.07) is 1.83. The molecule has 0 saturated heterocycles. The maximum absolute atomic E-state index is 12.0. The first kappa shape index (κ1) is 11.1. The van der Waals surface area contributed by atoms with Crippen LogP contribution in [-0.4, -0.2) is 25.0 Å². The van der Waals surface area contributed by atoms with E-state index in [2.05, 4.69) is 4.98 Å². The quantitative estimate of drug-likeness (QED) is 0.810. The van der Waals surface area contributed by atoms with Crippen LogP contribution in [0.25, 0.3) is 0 Å². The molecule has 0 amide bonds. The molecule has 1 aromatic heterocycles. The summed E-state index contributed by atoms with van der Waals surface area (Å²) < 4.78 is 24.0. The third-order valence-electron chi connectivity index (χ3n) is 1.41. The average molecular weight is 238 g/mol. The second-order valence-corrected chi connectivity index (χ2v) is 3.84. The van der Waals surface area contributed by atoms with Crippen molar-refractivity contribution in [3.8, 4) is 6.07 Å². The van der Waals surface area contributed by atoms with Crippen LogP contribution in [-0.2, 0) is 0 Å². The lowest BCUT2D eigenvalue weighted by Gasteiger charge is -2.13. The van der Waals surface area contributed by atoms with Crippen LogP contribution in [0.4, 0.5) is 13.9 Å². The van der Waals surface area contributed by atoms with Crippen LogP contribution in [0.1, 0.15) is 4.88 Å². The number of aromatic nitrogens is 1. The van der Waals surface area contributed by atoms with Gasteiger partial charge in [-0.15, -0.1) is 0 Å². The smallest absolute Gasteiger partial charge is 0.255 e. The molecule has 1 rings (SSSR count). The molecule has 1 heterocycles. The molecule has 76 valence electrons. The molecule has 0 aromatic carbocycles. The van der Waals surface area contributed by atoms with Gasteiger partial charge in [-0.05, 0) is 0 Å². The lowest BCUT2D eigenvalue weighted by molar-refractivity contribution is 0.156. The van der Waals surface area contributed by atoms with E-state index in [0.29, 0.717) is 5.13 Å². The van der Waals surface area contributed by atoms with Crippen LogP contribution in [0.3, 0.4) is 0 Å². The number of nitriles is 1. The Morgan fingerprint density at radius 2 is 2.36 bits per heavy atom. The molecule has 14 heavy (non-hydrogen) atoms. The Kier molecular flexibility index (Phi) is 3.61. The molecule has 3 nitrogen and oxygen atoms in total. The zero-order chi connectivity index (χ0) is 10.7.